The Bertz CT molecular complexity index is 558. The summed E-state index contributed by atoms with van der Waals surface area (Å²) in [5, 5.41) is 11.4. The van der Waals surface area contributed by atoms with Crippen molar-refractivity contribution in [2.75, 3.05) is 0 Å². The van der Waals surface area contributed by atoms with Crippen LogP contribution in [0, 0.1) is 5.92 Å². The SMILES string of the molecule is CC(C)C(C)(CC(=O)O)NC(=O)c1cnc(C(F)(F)F)nc1. The third-order valence-corrected chi connectivity index (χ3v) is 3.36. The van der Waals surface area contributed by atoms with Crippen LogP contribution in [0.3, 0.4) is 0 Å². The summed E-state index contributed by atoms with van der Waals surface area (Å²) in [4.78, 5) is 29.1. The number of hydrogen-bond donors (Lipinski definition) is 2. The molecule has 1 rings (SSSR count). The third-order valence-electron chi connectivity index (χ3n) is 3.36. The number of nitrogens with zero attached hydrogens (tertiary/aromatic N) is 2. The largest absolute Gasteiger partial charge is 0.481 e. The van der Waals surface area contributed by atoms with Gasteiger partial charge in [-0.1, -0.05) is 13.8 Å². The van der Waals surface area contributed by atoms with Gasteiger partial charge < -0.3 is 10.4 Å². The summed E-state index contributed by atoms with van der Waals surface area (Å²) in [6.45, 7) is 5.01. The van der Waals surface area contributed by atoms with Gasteiger partial charge in [0.05, 0.1) is 17.5 Å². The molecule has 0 aliphatic carbocycles. The van der Waals surface area contributed by atoms with Crippen molar-refractivity contribution >= 4 is 11.9 Å². The molecule has 0 spiro atoms. The summed E-state index contributed by atoms with van der Waals surface area (Å²) in [6.07, 6.45) is -3.50. The van der Waals surface area contributed by atoms with E-state index in [0.717, 1.165) is 12.4 Å². The van der Waals surface area contributed by atoms with Gasteiger partial charge >= 0.3 is 12.1 Å². The van der Waals surface area contributed by atoms with Crippen LogP contribution in [0.25, 0.3) is 0 Å². The first-order valence-electron chi connectivity index (χ1n) is 6.39. The molecule has 1 heterocycles. The molecule has 2 N–H and O–H groups in total. The molecule has 0 fully saturated rings. The third kappa shape index (κ3) is 4.40. The van der Waals surface area contributed by atoms with E-state index in [9.17, 15) is 22.8 Å². The standard InChI is InChI=1S/C13H16F3N3O3/c1-7(2)12(3,4-9(20)21)19-10(22)8-5-17-11(18-6-8)13(14,15)16/h5-7H,4H2,1-3H3,(H,19,22)(H,20,21). The predicted octanol–water partition coefficient (Wildman–Crippen LogP) is 2.11. The Morgan fingerprint density at radius 2 is 1.77 bits per heavy atom. The summed E-state index contributed by atoms with van der Waals surface area (Å²) in [7, 11) is 0. The lowest BCUT2D eigenvalue weighted by molar-refractivity contribution is -0.145. The van der Waals surface area contributed by atoms with E-state index in [0.29, 0.717) is 0 Å². The van der Waals surface area contributed by atoms with Gasteiger partial charge in [-0.2, -0.15) is 13.2 Å². The van der Waals surface area contributed by atoms with Crippen LogP contribution >= 0.6 is 0 Å². The average Bonchev–Trinajstić information content (AvgIpc) is 2.36. The number of carbonyl (C=O) groups excluding carboxylic acids is 1. The number of hydrogen-bond acceptors (Lipinski definition) is 4. The molecule has 0 saturated carbocycles. The number of aromatic nitrogens is 2. The fourth-order valence-corrected chi connectivity index (χ4v) is 1.63. The van der Waals surface area contributed by atoms with Gasteiger partial charge in [0.15, 0.2) is 0 Å². The van der Waals surface area contributed by atoms with Crippen molar-refractivity contribution in [3.05, 3.63) is 23.8 Å². The number of carbonyl (C=O) groups is 2. The van der Waals surface area contributed by atoms with Gasteiger partial charge in [0.1, 0.15) is 0 Å². The minimum absolute atomic E-state index is 0.176. The summed E-state index contributed by atoms with van der Waals surface area (Å²) in [5.74, 6) is -3.38. The van der Waals surface area contributed by atoms with Crippen LogP contribution in [-0.2, 0) is 11.0 Å². The number of carboxylic acid groups (broad SMARTS) is 1. The van der Waals surface area contributed by atoms with Crippen molar-refractivity contribution in [2.45, 2.75) is 38.9 Å². The van der Waals surface area contributed by atoms with E-state index in [2.05, 4.69) is 15.3 Å². The maximum atomic E-state index is 12.4. The van der Waals surface area contributed by atoms with E-state index in [1.807, 2.05) is 0 Å². The second kappa shape index (κ2) is 6.29. The summed E-state index contributed by atoms with van der Waals surface area (Å²) < 4.78 is 37.1. The average molecular weight is 319 g/mol. The molecule has 122 valence electrons. The summed E-state index contributed by atoms with van der Waals surface area (Å²) in [5.41, 5.74) is -1.23. The number of carboxylic acids is 1. The molecule has 1 aromatic rings. The lowest BCUT2D eigenvalue weighted by Crippen LogP contribution is -2.51. The fourth-order valence-electron chi connectivity index (χ4n) is 1.63. The number of rotatable bonds is 5. The van der Waals surface area contributed by atoms with Gasteiger partial charge in [-0.15, -0.1) is 0 Å². The molecule has 1 amide bonds. The molecular weight excluding hydrogens is 303 g/mol. The van der Waals surface area contributed by atoms with Crippen LogP contribution in [0.15, 0.2) is 12.4 Å². The molecule has 0 saturated heterocycles. The minimum atomic E-state index is -4.69. The number of alkyl halides is 3. The van der Waals surface area contributed by atoms with Gasteiger partial charge in [-0.3, -0.25) is 9.59 Å². The second-order valence-electron chi connectivity index (χ2n) is 5.39. The zero-order chi connectivity index (χ0) is 17.1. The Kier molecular flexibility index (Phi) is 5.10. The van der Waals surface area contributed by atoms with Gasteiger partial charge in [-0.05, 0) is 12.8 Å². The van der Waals surface area contributed by atoms with Crippen molar-refractivity contribution < 1.29 is 27.9 Å². The van der Waals surface area contributed by atoms with Crippen LogP contribution in [-0.4, -0.2) is 32.5 Å². The highest BCUT2D eigenvalue weighted by Gasteiger charge is 2.35. The van der Waals surface area contributed by atoms with Crippen molar-refractivity contribution in [3.8, 4) is 0 Å². The summed E-state index contributed by atoms with van der Waals surface area (Å²) in [6, 6.07) is 0. The minimum Gasteiger partial charge on any atom is -0.481 e. The molecule has 0 aliphatic rings. The molecule has 9 heteroatoms. The Balaban J connectivity index is 2.93. The monoisotopic (exact) mass is 319 g/mol. The highest BCUT2D eigenvalue weighted by atomic mass is 19.4. The molecule has 22 heavy (non-hydrogen) atoms. The molecule has 1 unspecified atom stereocenters. The highest BCUT2D eigenvalue weighted by molar-refractivity contribution is 5.94. The molecule has 0 bridgehead atoms. The number of nitrogens with one attached hydrogen (secondary N) is 1. The molecule has 1 aromatic heterocycles. The fraction of sp³-hybridized carbons (Fsp3) is 0.538. The first-order chi connectivity index (χ1) is 9.95. The van der Waals surface area contributed by atoms with Crippen LogP contribution < -0.4 is 5.32 Å². The molecular formula is C13H16F3N3O3. The summed E-state index contributed by atoms with van der Waals surface area (Å²) >= 11 is 0. The molecule has 6 nitrogen and oxygen atoms in total. The molecule has 0 aliphatic heterocycles. The van der Waals surface area contributed by atoms with Gasteiger partial charge in [0.25, 0.3) is 5.91 Å². The van der Waals surface area contributed by atoms with E-state index in [-0.39, 0.29) is 17.9 Å². The maximum Gasteiger partial charge on any atom is 0.451 e. The van der Waals surface area contributed by atoms with Crippen LogP contribution in [0.4, 0.5) is 13.2 Å². The van der Waals surface area contributed by atoms with E-state index >= 15 is 0 Å². The van der Waals surface area contributed by atoms with E-state index < -0.39 is 29.4 Å². The van der Waals surface area contributed by atoms with Crippen molar-refractivity contribution in [1.29, 1.82) is 0 Å². The number of amides is 1. The normalized spacial score (nSPS) is 14.5. The lowest BCUT2D eigenvalue weighted by atomic mass is 9.85. The van der Waals surface area contributed by atoms with Crippen molar-refractivity contribution in [3.63, 3.8) is 0 Å². The molecule has 0 aromatic carbocycles. The van der Waals surface area contributed by atoms with Gasteiger partial charge in [0, 0.05) is 12.4 Å². The zero-order valence-electron chi connectivity index (χ0n) is 12.2. The number of halogens is 3. The van der Waals surface area contributed by atoms with E-state index in [1.165, 1.54) is 0 Å². The highest BCUT2D eigenvalue weighted by Crippen LogP contribution is 2.25. The quantitative estimate of drug-likeness (QED) is 0.867. The van der Waals surface area contributed by atoms with Crippen molar-refractivity contribution in [2.24, 2.45) is 5.92 Å². The van der Waals surface area contributed by atoms with E-state index in [1.54, 1.807) is 20.8 Å². The Morgan fingerprint density at radius 1 is 1.27 bits per heavy atom. The second-order valence-corrected chi connectivity index (χ2v) is 5.39. The van der Waals surface area contributed by atoms with E-state index in [4.69, 9.17) is 5.11 Å². The predicted molar refractivity (Wildman–Crippen MR) is 70.0 cm³/mol. The zero-order valence-corrected chi connectivity index (χ0v) is 12.2. The first kappa shape index (κ1) is 17.9. The molecule has 0 radical (unpaired) electrons. The molecule has 1 atom stereocenters. The lowest BCUT2D eigenvalue weighted by Gasteiger charge is -2.33. The number of aliphatic carboxylic acids is 1. The Morgan fingerprint density at radius 3 is 2.14 bits per heavy atom. The van der Waals surface area contributed by atoms with Crippen molar-refractivity contribution in [1.82, 2.24) is 15.3 Å². The Hall–Kier alpha value is -2.19. The van der Waals surface area contributed by atoms with Gasteiger partial charge in [0.2, 0.25) is 5.82 Å². The smallest absolute Gasteiger partial charge is 0.451 e. The topological polar surface area (TPSA) is 92.2 Å². The van der Waals surface area contributed by atoms with Gasteiger partial charge in [-0.25, -0.2) is 9.97 Å². The Labute approximate surface area is 124 Å². The maximum absolute atomic E-state index is 12.4. The van der Waals surface area contributed by atoms with Crippen LogP contribution in [0.5, 0.6) is 0 Å². The van der Waals surface area contributed by atoms with Crippen LogP contribution in [0.2, 0.25) is 0 Å². The first-order valence-corrected chi connectivity index (χ1v) is 6.39. The van der Waals surface area contributed by atoms with Crippen LogP contribution in [0.1, 0.15) is 43.4 Å².